The number of carbonyl (C=O) groups is 2. The Kier molecular flexibility index (Phi) is 4.65. The van der Waals surface area contributed by atoms with Gasteiger partial charge in [0.2, 0.25) is 5.91 Å². The van der Waals surface area contributed by atoms with Gasteiger partial charge in [0.15, 0.2) is 11.8 Å². The van der Waals surface area contributed by atoms with E-state index in [-0.39, 0.29) is 12.3 Å². The molecule has 1 atom stereocenters. The number of benzene rings is 1. The highest BCUT2D eigenvalue weighted by molar-refractivity contribution is 5.85. The highest BCUT2D eigenvalue weighted by Gasteiger charge is 2.23. The molecule has 0 saturated carbocycles. The topological polar surface area (TPSA) is 106 Å². The van der Waals surface area contributed by atoms with Gasteiger partial charge in [-0.05, 0) is 24.6 Å². The fraction of sp³-hybridized carbons (Fsp3) is 0.167. The third-order valence-corrected chi connectivity index (χ3v) is 3.64. The second-order valence-electron chi connectivity index (χ2n) is 5.43. The first-order valence-corrected chi connectivity index (χ1v) is 7.62. The molecule has 0 fully saturated rings. The lowest BCUT2D eigenvalue weighted by Crippen LogP contribution is -2.34. The highest BCUT2D eigenvalue weighted by Crippen LogP contribution is 2.22. The van der Waals surface area contributed by atoms with Gasteiger partial charge in [-0.15, -0.1) is 0 Å². The maximum absolute atomic E-state index is 12.3. The van der Waals surface area contributed by atoms with Crippen LogP contribution in [0.4, 0.5) is 0 Å². The van der Waals surface area contributed by atoms with E-state index < -0.39 is 17.9 Å². The number of hydrogen-bond donors (Lipinski definition) is 2. The predicted molar refractivity (Wildman–Crippen MR) is 87.6 cm³/mol. The largest absolute Gasteiger partial charge is 0.479 e. The Morgan fingerprint density at radius 1 is 1.20 bits per heavy atom. The Labute approximate surface area is 143 Å². The summed E-state index contributed by atoms with van der Waals surface area (Å²) in [4.78, 5) is 28.0. The monoisotopic (exact) mass is 340 g/mol. The number of carboxylic acid groups (broad SMARTS) is 1. The Morgan fingerprint density at radius 2 is 1.96 bits per heavy atom. The Balaban J connectivity index is 1.73. The summed E-state index contributed by atoms with van der Waals surface area (Å²) < 4.78 is 10.7. The van der Waals surface area contributed by atoms with Crippen LogP contribution in [0.1, 0.15) is 23.1 Å². The predicted octanol–water partition coefficient (Wildman–Crippen LogP) is 2.73. The summed E-state index contributed by atoms with van der Waals surface area (Å²) in [5, 5.41) is 11.9. The van der Waals surface area contributed by atoms with E-state index >= 15 is 0 Å². The van der Waals surface area contributed by atoms with Crippen molar-refractivity contribution in [1.82, 2.24) is 10.3 Å². The van der Waals surface area contributed by atoms with Crippen LogP contribution in [0.3, 0.4) is 0 Å². The Bertz CT molecular complexity index is 868. The molecule has 0 aliphatic heterocycles. The minimum absolute atomic E-state index is 0.0906. The zero-order chi connectivity index (χ0) is 17.8. The lowest BCUT2D eigenvalue weighted by atomic mass is 10.1. The van der Waals surface area contributed by atoms with Crippen LogP contribution < -0.4 is 5.32 Å². The third kappa shape index (κ3) is 3.77. The smallest absolute Gasteiger partial charge is 0.330 e. The van der Waals surface area contributed by atoms with Gasteiger partial charge in [0.05, 0.1) is 18.4 Å². The summed E-state index contributed by atoms with van der Waals surface area (Å²) in [6, 6.07) is 10.8. The molecule has 25 heavy (non-hydrogen) atoms. The van der Waals surface area contributed by atoms with E-state index in [1.165, 1.54) is 6.26 Å². The van der Waals surface area contributed by atoms with Crippen molar-refractivity contribution in [3.05, 3.63) is 65.7 Å². The number of nitrogens with one attached hydrogen (secondary N) is 1. The molecule has 128 valence electrons. The van der Waals surface area contributed by atoms with E-state index in [9.17, 15) is 14.7 Å². The summed E-state index contributed by atoms with van der Waals surface area (Å²) in [6.45, 7) is 1.69. The van der Waals surface area contributed by atoms with Gasteiger partial charge in [0.25, 0.3) is 5.89 Å². The average molecular weight is 340 g/mol. The first-order valence-electron chi connectivity index (χ1n) is 7.62. The second-order valence-corrected chi connectivity index (χ2v) is 5.43. The van der Waals surface area contributed by atoms with Crippen molar-refractivity contribution in [3.63, 3.8) is 0 Å². The molecule has 0 aliphatic carbocycles. The molecule has 0 unspecified atom stereocenters. The van der Waals surface area contributed by atoms with Gasteiger partial charge >= 0.3 is 5.97 Å². The van der Waals surface area contributed by atoms with E-state index in [1.807, 2.05) is 0 Å². The van der Waals surface area contributed by atoms with Gasteiger partial charge in [0.1, 0.15) is 5.76 Å². The Morgan fingerprint density at radius 3 is 2.60 bits per heavy atom. The molecule has 1 amide bonds. The first kappa shape index (κ1) is 16.5. The lowest BCUT2D eigenvalue weighted by molar-refractivity contribution is -0.142. The molecule has 0 spiro atoms. The molecule has 2 heterocycles. The molecular formula is C18H16N2O5. The van der Waals surface area contributed by atoms with Crippen LogP contribution in [0.2, 0.25) is 0 Å². The SMILES string of the molecule is Cc1oc(-c2ccco2)nc1CC(=O)N[C@H](C(=O)O)c1ccccc1. The van der Waals surface area contributed by atoms with Crippen molar-refractivity contribution in [1.29, 1.82) is 0 Å². The van der Waals surface area contributed by atoms with Crippen molar-refractivity contribution >= 4 is 11.9 Å². The van der Waals surface area contributed by atoms with Gasteiger partial charge in [-0.3, -0.25) is 4.79 Å². The molecule has 0 aliphatic rings. The minimum atomic E-state index is -1.13. The molecule has 7 heteroatoms. The van der Waals surface area contributed by atoms with E-state index in [0.29, 0.717) is 22.8 Å². The number of carbonyl (C=O) groups excluding carboxylic acids is 1. The highest BCUT2D eigenvalue weighted by atomic mass is 16.4. The van der Waals surface area contributed by atoms with Crippen LogP contribution >= 0.6 is 0 Å². The van der Waals surface area contributed by atoms with Crippen molar-refractivity contribution in [2.24, 2.45) is 0 Å². The van der Waals surface area contributed by atoms with Crippen molar-refractivity contribution in [3.8, 4) is 11.7 Å². The fourth-order valence-electron chi connectivity index (χ4n) is 2.39. The van der Waals surface area contributed by atoms with Crippen LogP contribution in [-0.2, 0) is 16.0 Å². The molecule has 0 radical (unpaired) electrons. The van der Waals surface area contributed by atoms with E-state index in [0.717, 1.165) is 0 Å². The van der Waals surface area contributed by atoms with Gasteiger partial charge in [-0.1, -0.05) is 30.3 Å². The van der Waals surface area contributed by atoms with Crippen LogP contribution in [0.5, 0.6) is 0 Å². The number of rotatable bonds is 6. The normalized spacial score (nSPS) is 11.9. The fourth-order valence-corrected chi connectivity index (χ4v) is 2.39. The van der Waals surface area contributed by atoms with Gasteiger partial charge in [-0.25, -0.2) is 9.78 Å². The molecule has 7 nitrogen and oxygen atoms in total. The number of oxazole rings is 1. The second kappa shape index (κ2) is 7.04. The number of amides is 1. The average Bonchev–Trinajstić information content (AvgIpc) is 3.24. The molecule has 2 N–H and O–H groups in total. The summed E-state index contributed by atoms with van der Waals surface area (Å²) in [7, 11) is 0. The molecule has 3 rings (SSSR count). The number of hydrogen-bond acceptors (Lipinski definition) is 5. The van der Waals surface area contributed by atoms with Gasteiger partial charge in [-0.2, -0.15) is 0 Å². The molecule has 2 aromatic heterocycles. The molecule has 0 saturated heterocycles. The number of furan rings is 1. The van der Waals surface area contributed by atoms with Crippen LogP contribution in [0.25, 0.3) is 11.7 Å². The summed E-state index contributed by atoms with van der Waals surface area (Å²) in [5.74, 6) is -0.370. The van der Waals surface area contributed by atoms with Crippen molar-refractivity contribution in [2.75, 3.05) is 0 Å². The maximum Gasteiger partial charge on any atom is 0.330 e. The van der Waals surface area contributed by atoms with E-state index in [2.05, 4.69) is 10.3 Å². The van der Waals surface area contributed by atoms with Gasteiger partial charge in [0, 0.05) is 0 Å². The third-order valence-electron chi connectivity index (χ3n) is 3.64. The zero-order valence-electron chi connectivity index (χ0n) is 13.4. The zero-order valence-corrected chi connectivity index (χ0v) is 13.4. The summed E-state index contributed by atoms with van der Waals surface area (Å²) in [6.07, 6.45) is 1.41. The molecule has 3 aromatic rings. The summed E-state index contributed by atoms with van der Waals surface area (Å²) in [5.41, 5.74) is 0.928. The molecule has 1 aromatic carbocycles. The van der Waals surface area contributed by atoms with Crippen LogP contribution in [-0.4, -0.2) is 22.0 Å². The quantitative estimate of drug-likeness (QED) is 0.715. The van der Waals surface area contributed by atoms with Gasteiger partial charge < -0.3 is 19.3 Å². The standard InChI is InChI=1S/C18H16N2O5/c1-11-13(19-17(25-11)14-8-5-9-24-14)10-15(21)20-16(18(22)23)12-6-3-2-4-7-12/h2-9,16H,10H2,1H3,(H,20,21)(H,22,23)/t16-/m0/s1. The maximum atomic E-state index is 12.3. The van der Waals surface area contributed by atoms with Crippen LogP contribution in [0, 0.1) is 6.92 Å². The van der Waals surface area contributed by atoms with Crippen molar-refractivity contribution in [2.45, 2.75) is 19.4 Å². The lowest BCUT2D eigenvalue weighted by Gasteiger charge is -2.14. The van der Waals surface area contributed by atoms with E-state index in [4.69, 9.17) is 8.83 Å². The van der Waals surface area contributed by atoms with Crippen LogP contribution in [0.15, 0.2) is 57.6 Å². The summed E-state index contributed by atoms with van der Waals surface area (Å²) >= 11 is 0. The Hall–Kier alpha value is -3.35. The minimum Gasteiger partial charge on any atom is -0.479 e. The number of aromatic nitrogens is 1. The number of nitrogens with zero attached hydrogens (tertiary/aromatic N) is 1. The van der Waals surface area contributed by atoms with E-state index in [1.54, 1.807) is 49.4 Å². The molecule has 0 bridgehead atoms. The number of aryl methyl sites for hydroxylation is 1. The number of aliphatic carboxylic acids is 1. The molecular weight excluding hydrogens is 324 g/mol. The number of carboxylic acids is 1. The van der Waals surface area contributed by atoms with Crippen molar-refractivity contribution < 1.29 is 23.5 Å². The first-order chi connectivity index (χ1) is 12.0.